The Morgan fingerprint density at radius 3 is 2.77 bits per heavy atom. The van der Waals surface area contributed by atoms with E-state index in [0.717, 1.165) is 23.7 Å². The number of aryl methyl sites for hydroxylation is 1. The Hall–Kier alpha value is -0.540. The van der Waals surface area contributed by atoms with Crippen LogP contribution in [0, 0.1) is 0 Å². The van der Waals surface area contributed by atoms with Crippen LogP contribution in [0.2, 0.25) is 5.02 Å². The van der Waals surface area contributed by atoms with Gasteiger partial charge in [0.25, 0.3) is 0 Å². The van der Waals surface area contributed by atoms with Crippen LogP contribution in [0.4, 0.5) is 0 Å². The SMILES string of the molecule is CC(C)NCCc1c(Cl)cnn1C. The number of nitrogens with zero attached hydrogens (tertiary/aromatic N) is 2. The third kappa shape index (κ3) is 3.01. The lowest BCUT2D eigenvalue weighted by Crippen LogP contribution is -2.25. The highest BCUT2D eigenvalue weighted by Crippen LogP contribution is 2.13. The fourth-order valence-electron chi connectivity index (χ4n) is 1.20. The van der Waals surface area contributed by atoms with Gasteiger partial charge in [-0.15, -0.1) is 0 Å². The Bertz CT molecular complexity index is 248. The summed E-state index contributed by atoms with van der Waals surface area (Å²) in [4.78, 5) is 0. The zero-order valence-electron chi connectivity index (χ0n) is 8.34. The first kappa shape index (κ1) is 10.5. The Morgan fingerprint density at radius 1 is 1.62 bits per heavy atom. The maximum absolute atomic E-state index is 5.95. The van der Waals surface area contributed by atoms with Crippen LogP contribution < -0.4 is 5.32 Å². The topological polar surface area (TPSA) is 29.9 Å². The average Bonchev–Trinajstić information content (AvgIpc) is 2.34. The molecule has 0 saturated carbocycles. The molecule has 0 saturated heterocycles. The van der Waals surface area contributed by atoms with E-state index in [1.807, 2.05) is 11.7 Å². The standard InChI is InChI=1S/C9H16ClN3/c1-7(2)11-5-4-9-8(10)6-12-13(9)3/h6-7,11H,4-5H2,1-3H3. The minimum absolute atomic E-state index is 0.520. The van der Waals surface area contributed by atoms with Crippen molar-refractivity contribution in [2.45, 2.75) is 26.3 Å². The van der Waals surface area contributed by atoms with Crippen LogP contribution in [0.5, 0.6) is 0 Å². The van der Waals surface area contributed by atoms with Gasteiger partial charge in [0, 0.05) is 26.1 Å². The monoisotopic (exact) mass is 201 g/mol. The van der Waals surface area contributed by atoms with Crippen molar-refractivity contribution in [3.63, 3.8) is 0 Å². The largest absolute Gasteiger partial charge is 0.314 e. The molecule has 1 heterocycles. The van der Waals surface area contributed by atoms with E-state index in [2.05, 4.69) is 24.3 Å². The van der Waals surface area contributed by atoms with Gasteiger partial charge >= 0.3 is 0 Å². The summed E-state index contributed by atoms with van der Waals surface area (Å²) in [5.41, 5.74) is 1.09. The summed E-state index contributed by atoms with van der Waals surface area (Å²) in [5.74, 6) is 0. The van der Waals surface area contributed by atoms with Crippen molar-refractivity contribution in [1.29, 1.82) is 0 Å². The van der Waals surface area contributed by atoms with Crippen molar-refractivity contribution in [2.24, 2.45) is 7.05 Å². The minimum Gasteiger partial charge on any atom is -0.314 e. The molecule has 4 heteroatoms. The molecule has 0 radical (unpaired) electrons. The van der Waals surface area contributed by atoms with Gasteiger partial charge in [-0.3, -0.25) is 4.68 Å². The van der Waals surface area contributed by atoms with Crippen molar-refractivity contribution < 1.29 is 0 Å². The van der Waals surface area contributed by atoms with E-state index in [-0.39, 0.29) is 0 Å². The lowest BCUT2D eigenvalue weighted by molar-refractivity contribution is 0.576. The van der Waals surface area contributed by atoms with E-state index in [9.17, 15) is 0 Å². The van der Waals surface area contributed by atoms with E-state index < -0.39 is 0 Å². The molecule has 0 spiro atoms. The van der Waals surface area contributed by atoms with Crippen LogP contribution >= 0.6 is 11.6 Å². The molecule has 74 valence electrons. The number of aromatic nitrogens is 2. The fraction of sp³-hybridized carbons (Fsp3) is 0.667. The van der Waals surface area contributed by atoms with Crippen molar-refractivity contribution in [1.82, 2.24) is 15.1 Å². The van der Waals surface area contributed by atoms with Crippen molar-refractivity contribution >= 4 is 11.6 Å². The van der Waals surface area contributed by atoms with Crippen molar-refractivity contribution in [3.8, 4) is 0 Å². The zero-order chi connectivity index (χ0) is 9.84. The normalized spacial score (nSPS) is 11.2. The Morgan fingerprint density at radius 2 is 2.31 bits per heavy atom. The highest BCUT2D eigenvalue weighted by molar-refractivity contribution is 6.31. The number of nitrogens with one attached hydrogen (secondary N) is 1. The van der Waals surface area contributed by atoms with E-state index in [1.165, 1.54) is 0 Å². The highest BCUT2D eigenvalue weighted by atomic mass is 35.5. The molecule has 1 aromatic heterocycles. The molecule has 1 N–H and O–H groups in total. The van der Waals surface area contributed by atoms with Crippen LogP contribution in [0.1, 0.15) is 19.5 Å². The summed E-state index contributed by atoms with van der Waals surface area (Å²) in [6.45, 7) is 5.20. The van der Waals surface area contributed by atoms with Gasteiger partial charge in [0.1, 0.15) is 0 Å². The Balaban J connectivity index is 2.44. The molecule has 1 aromatic rings. The zero-order valence-corrected chi connectivity index (χ0v) is 9.10. The smallest absolute Gasteiger partial charge is 0.0818 e. The van der Waals surface area contributed by atoms with Gasteiger partial charge in [0.15, 0.2) is 0 Å². The summed E-state index contributed by atoms with van der Waals surface area (Å²) in [7, 11) is 1.91. The molecule has 0 aliphatic carbocycles. The number of rotatable bonds is 4. The highest BCUT2D eigenvalue weighted by Gasteiger charge is 2.05. The molecule has 1 rings (SSSR count). The summed E-state index contributed by atoms with van der Waals surface area (Å²) in [6.07, 6.45) is 2.61. The van der Waals surface area contributed by atoms with E-state index in [1.54, 1.807) is 6.20 Å². The second-order valence-electron chi connectivity index (χ2n) is 3.42. The van der Waals surface area contributed by atoms with Crippen LogP contribution in [0.15, 0.2) is 6.20 Å². The van der Waals surface area contributed by atoms with Gasteiger partial charge in [-0.1, -0.05) is 25.4 Å². The predicted octanol–water partition coefficient (Wildman–Crippen LogP) is 1.61. The predicted molar refractivity (Wildman–Crippen MR) is 55.1 cm³/mol. The molecular formula is C9H16ClN3. The van der Waals surface area contributed by atoms with Gasteiger partial charge < -0.3 is 5.32 Å². The summed E-state index contributed by atoms with van der Waals surface area (Å²) in [5, 5.41) is 8.17. The Labute approximate surface area is 84.1 Å². The fourth-order valence-corrected chi connectivity index (χ4v) is 1.46. The molecule has 3 nitrogen and oxygen atoms in total. The van der Waals surface area contributed by atoms with E-state index in [4.69, 9.17) is 11.6 Å². The van der Waals surface area contributed by atoms with Gasteiger partial charge in [-0.25, -0.2) is 0 Å². The van der Waals surface area contributed by atoms with E-state index >= 15 is 0 Å². The molecule has 13 heavy (non-hydrogen) atoms. The lowest BCUT2D eigenvalue weighted by atomic mass is 10.3. The molecule has 0 aliphatic rings. The molecule has 0 amide bonds. The molecule has 0 fully saturated rings. The molecule has 0 unspecified atom stereocenters. The summed E-state index contributed by atoms with van der Waals surface area (Å²) < 4.78 is 1.82. The van der Waals surface area contributed by atoms with Gasteiger partial charge in [0.05, 0.1) is 16.9 Å². The minimum atomic E-state index is 0.520. The van der Waals surface area contributed by atoms with Crippen LogP contribution in [0.25, 0.3) is 0 Å². The molecule has 0 aliphatic heterocycles. The number of hydrogen-bond donors (Lipinski definition) is 1. The first-order chi connectivity index (χ1) is 6.11. The molecule has 0 bridgehead atoms. The summed E-state index contributed by atoms with van der Waals surface area (Å²) >= 11 is 5.95. The maximum Gasteiger partial charge on any atom is 0.0818 e. The summed E-state index contributed by atoms with van der Waals surface area (Å²) in [6, 6.07) is 0.520. The third-order valence-electron chi connectivity index (χ3n) is 1.92. The molecule has 0 atom stereocenters. The number of halogens is 1. The van der Waals surface area contributed by atoms with Crippen LogP contribution in [-0.4, -0.2) is 22.4 Å². The quantitative estimate of drug-likeness (QED) is 0.803. The number of hydrogen-bond acceptors (Lipinski definition) is 2. The Kier molecular flexibility index (Phi) is 3.75. The third-order valence-corrected chi connectivity index (χ3v) is 2.24. The van der Waals surface area contributed by atoms with Crippen LogP contribution in [0.3, 0.4) is 0 Å². The van der Waals surface area contributed by atoms with Gasteiger partial charge in [-0.05, 0) is 0 Å². The lowest BCUT2D eigenvalue weighted by Gasteiger charge is -2.08. The van der Waals surface area contributed by atoms with Crippen molar-refractivity contribution in [2.75, 3.05) is 6.54 Å². The van der Waals surface area contributed by atoms with Gasteiger partial charge in [0.2, 0.25) is 0 Å². The molecular weight excluding hydrogens is 186 g/mol. The van der Waals surface area contributed by atoms with Crippen LogP contribution in [-0.2, 0) is 13.5 Å². The molecule has 0 aromatic carbocycles. The second kappa shape index (κ2) is 4.63. The van der Waals surface area contributed by atoms with Gasteiger partial charge in [-0.2, -0.15) is 5.10 Å². The average molecular weight is 202 g/mol. The first-order valence-corrected chi connectivity index (χ1v) is 4.89. The van der Waals surface area contributed by atoms with E-state index in [0.29, 0.717) is 6.04 Å². The maximum atomic E-state index is 5.95. The second-order valence-corrected chi connectivity index (χ2v) is 3.83. The van der Waals surface area contributed by atoms with Crippen molar-refractivity contribution in [3.05, 3.63) is 16.9 Å². The first-order valence-electron chi connectivity index (χ1n) is 4.51.